The van der Waals surface area contributed by atoms with E-state index >= 15 is 0 Å². The van der Waals surface area contributed by atoms with E-state index < -0.39 is 6.10 Å². The summed E-state index contributed by atoms with van der Waals surface area (Å²) in [5.74, 6) is -1.06. The van der Waals surface area contributed by atoms with Crippen LogP contribution >= 0.6 is 0 Å². The van der Waals surface area contributed by atoms with Crippen LogP contribution in [0.2, 0.25) is 0 Å². The van der Waals surface area contributed by atoms with Crippen molar-refractivity contribution in [2.75, 3.05) is 13.2 Å². The SMILES string of the molecule is CC\C=C/C=C\C=C/C=C\C=C\C=C/C=C\CCCCCC(=O)OCC(COC(=O)CCC/C=C\C/C=C\C/C=C\C/C=C\CCCCC)OC(=O)CCCCCCCC/C=C\C/C=C\C/C=C\C/C=C\CC. The van der Waals surface area contributed by atoms with Gasteiger partial charge in [-0.3, -0.25) is 14.4 Å². The van der Waals surface area contributed by atoms with Crippen molar-refractivity contribution in [3.05, 3.63) is 182 Å². The summed E-state index contributed by atoms with van der Waals surface area (Å²) in [6, 6.07) is 0. The van der Waals surface area contributed by atoms with Crippen LogP contribution in [0.1, 0.15) is 201 Å². The molecule has 0 aliphatic heterocycles. The van der Waals surface area contributed by atoms with Gasteiger partial charge in [0.15, 0.2) is 6.10 Å². The standard InChI is InChI=1S/C67H100O6/c1-4-7-10-13-16-19-22-25-28-31-33-36-39-42-45-48-51-54-57-60-66(69)72-63-64(62-71-65(68)59-56-53-50-47-44-41-38-35-30-27-24-21-18-15-12-9-6-3)73-67(70)61-58-55-52-49-46-43-40-37-34-32-29-26-23-20-17-14-11-8-5-2/h7-8,10-11,13,16-22,25-31,33-34,36-39,41-42,45,47,50,64H,4-6,9,12,14-15,23-24,32,35,40,43-44,46,48-49,51-63H2,1-3H3/b10-7-,11-8-,16-13-,20-17-,21-18-,22-19-,28-25-,29-26-,30-27-,33-31+,37-34-,39-36-,41-38-,45-42-,50-47-. The molecule has 0 aliphatic rings. The maximum Gasteiger partial charge on any atom is 0.306 e. The number of ether oxygens (including phenoxy) is 3. The lowest BCUT2D eigenvalue weighted by Crippen LogP contribution is -2.30. The van der Waals surface area contributed by atoms with Crippen LogP contribution in [0.3, 0.4) is 0 Å². The van der Waals surface area contributed by atoms with Crippen molar-refractivity contribution >= 4 is 17.9 Å². The smallest absolute Gasteiger partial charge is 0.306 e. The normalized spacial score (nSPS) is 13.5. The quantitative estimate of drug-likeness (QED) is 0.0199. The first-order valence-electron chi connectivity index (χ1n) is 28.4. The van der Waals surface area contributed by atoms with Crippen LogP contribution in [0.4, 0.5) is 0 Å². The van der Waals surface area contributed by atoms with Crippen LogP contribution in [0, 0.1) is 0 Å². The third kappa shape index (κ3) is 57.3. The third-order valence-electron chi connectivity index (χ3n) is 11.1. The van der Waals surface area contributed by atoms with E-state index in [0.29, 0.717) is 12.8 Å². The summed E-state index contributed by atoms with van der Waals surface area (Å²) < 4.78 is 16.8. The Bertz CT molecular complexity index is 1770. The second-order valence-corrected chi connectivity index (χ2v) is 17.9. The van der Waals surface area contributed by atoms with Gasteiger partial charge in [0.25, 0.3) is 0 Å². The van der Waals surface area contributed by atoms with Crippen LogP contribution in [0.15, 0.2) is 182 Å². The van der Waals surface area contributed by atoms with Gasteiger partial charge in [0.1, 0.15) is 13.2 Å². The fraction of sp³-hybridized carbons (Fsp3) is 0.507. The first-order chi connectivity index (χ1) is 36.0. The van der Waals surface area contributed by atoms with Gasteiger partial charge in [0, 0.05) is 19.3 Å². The van der Waals surface area contributed by atoms with Crippen molar-refractivity contribution in [2.24, 2.45) is 0 Å². The molecule has 0 aromatic heterocycles. The van der Waals surface area contributed by atoms with Crippen molar-refractivity contribution in [2.45, 2.75) is 207 Å². The maximum absolute atomic E-state index is 12.9. The predicted octanol–water partition coefficient (Wildman–Crippen LogP) is 19.3. The van der Waals surface area contributed by atoms with Crippen LogP contribution in [-0.4, -0.2) is 37.2 Å². The Morgan fingerprint density at radius 1 is 0.301 bits per heavy atom. The van der Waals surface area contributed by atoms with Crippen molar-refractivity contribution in [1.82, 2.24) is 0 Å². The molecule has 0 spiro atoms. The van der Waals surface area contributed by atoms with Gasteiger partial charge in [-0.25, -0.2) is 0 Å². The van der Waals surface area contributed by atoms with E-state index in [1.54, 1.807) is 0 Å². The van der Waals surface area contributed by atoms with Gasteiger partial charge in [-0.05, 0) is 116 Å². The molecular formula is C67H100O6. The minimum atomic E-state index is -0.839. The van der Waals surface area contributed by atoms with E-state index in [4.69, 9.17) is 14.2 Å². The number of carbonyl (C=O) groups excluding carboxylic acids is 3. The fourth-order valence-corrected chi connectivity index (χ4v) is 6.88. The number of allylic oxidation sites excluding steroid dienone is 30. The van der Waals surface area contributed by atoms with E-state index in [1.807, 2.05) is 72.9 Å². The molecule has 0 amide bonds. The summed E-state index contributed by atoms with van der Waals surface area (Å²) in [6.07, 6.45) is 88.7. The third-order valence-corrected chi connectivity index (χ3v) is 11.1. The molecule has 0 rings (SSSR count). The zero-order valence-corrected chi connectivity index (χ0v) is 46.1. The minimum Gasteiger partial charge on any atom is -0.462 e. The molecule has 0 saturated heterocycles. The second-order valence-electron chi connectivity index (χ2n) is 17.9. The highest BCUT2D eigenvalue weighted by Gasteiger charge is 2.19. The zero-order chi connectivity index (χ0) is 52.9. The molecule has 0 aromatic carbocycles. The zero-order valence-electron chi connectivity index (χ0n) is 46.1. The predicted molar refractivity (Wildman–Crippen MR) is 315 cm³/mol. The molecule has 0 N–H and O–H groups in total. The fourth-order valence-electron chi connectivity index (χ4n) is 6.88. The average molecular weight is 1000 g/mol. The summed E-state index contributed by atoms with van der Waals surface area (Å²) in [7, 11) is 0. The molecule has 0 fully saturated rings. The Labute approximate surface area is 446 Å². The van der Waals surface area contributed by atoms with Gasteiger partial charge >= 0.3 is 17.9 Å². The Morgan fingerprint density at radius 3 is 1.07 bits per heavy atom. The molecule has 0 saturated carbocycles. The van der Waals surface area contributed by atoms with Crippen LogP contribution in [0.25, 0.3) is 0 Å². The van der Waals surface area contributed by atoms with Gasteiger partial charge in [-0.1, -0.05) is 248 Å². The Balaban J connectivity index is 4.65. The Hall–Kier alpha value is -5.49. The number of carbonyl (C=O) groups is 3. The number of esters is 3. The lowest BCUT2D eigenvalue weighted by atomic mass is 10.1. The summed E-state index contributed by atoms with van der Waals surface area (Å²) in [6.45, 7) is 6.23. The van der Waals surface area contributed by atoms with E-state index in [-0.39, 0.29) is 50.4 Å². The number of hydrogen-bond acceptors (Lipinski definition) is 6. The topological polar surface area (TPSA) is 78.9 Å². The number of unbranched alkanes of at least 4 members (excludes halogenated alkanes) is 13. The van der Waals surface area contributed by atoms with Crippen molar-refractivity contribution in [3.63, 3.8) is 0 Å². The molecule has 73 heavy (non-hydrogen) atoms. The summed E-state index contributed by atoms with van der Waals surface area (Å²) >= 11 is 0. The number of hydrogen-bond donors (Lipinski definition) is 0. The van der Waals surface area contributed by atoms with Gasteiger partial charge < -0.3 is 14.2 Å². The van der Waals surface area contributed by atoms with Crippen LogP contribution in [0.5, 0.6) is 0 Å². The van der Waals surface area contributed by atoms with Crippen molar-refractivity contribution in [1.29, 1.82) is 0 Å². The van der Waals surface area contributed by atoms with Gasteiger partial charge in [0.05, 0.1) is 0 Å². The molecule has 0 heterocycles. The highest BCUT2D eigenvalue weighted by molar-refractivity contribution is 5.71. The molecule has 1 atom stereocenters. The van der Waals surface area contributed by atoms with Gasteiger partial charge in [-0.15, -0.1) is 0 Å². The summed E-state index contributed by atoms with van der Waals surface area (Å²) in [5, 5.41) is 0. The van der Waals surface area contributed by atoms with E-state index in [9.17, 15) is 14.4 Å². The maximum atomic E-state index is 12.9. The van der Waals surface area contributed by atoms with Crippen molar-refractivity contribution < 1.29 is 28.6 Å². The largest absolute Gasteiger partial charge is 0.462 e. The average Bonchev–Trinajstić information content (AvgIpc) is 3.39. The Morgan fingerprint density at radius 2 is 0.616 bits per heavy atom. The van der Waals surface area contributed by atoms with Crippen molar-refractivity contribution in [3.8, 4) is 0 Å². The molecule has 1 unspecified atom stereocenters. The first kappa shape index (κ1) is 67.5. The van der Waals surface area contributed by atoms with E-state index in [0.717, 1.165) is 109 Å². The molecule has 0 aromatic rings. The van der Waals surface area contributed by atoms with Crippen LogP contribution < -0.4 is 0 Å². The summed E-state index contributed by atoms with van der Waals surface area (Å²) in [4.78, 5) is 38.2. The van der Waals surface area contributed by atoms with Gasteiger partial charge in [0.2, 0.25) is 0 Å². The minimum absolute atomic E-state index is 0.135. The first-order valence-corrected chi connectivity index (χ1v) is 28.4. The van der Waals surface area contributed by atoms with E-state index in [1.165, 1.54) is 38.5 Å². The number of rotatable bonds is 48. The molecule has 0 bridgehead atoms. The highest BCUT2D eigenvalue weighted by atomic mass is 16.6. The lowest BCUT2D eigenvalue weighted by molar-refractivity contribution is -0.167. The molecule has 0 radical (unpaired) electrons. The molecule has 6 heteroatoms. The van der Waals surface area contributed by atoms with Crippen LogP contribution in [-0.2, 0) is 28.6 Å². The summed E-state index contributed by atoms with van der Waals surface area (Å²) in [5.41, 5.74) is 0. The lowest BCUT2D eigenvalue weighted by Gasteiger charge is -2.18. The van der Waals surface area contributed by atoms with Gasteiger partial charge in [-0.2, -0.15) is 0 Å². The Kier molecular flexibility index (Phi) is 54.6. The van der Waals surface area contributed by atoms with E-state index in [2.05, 4.69) is 130 Å². The highest BCUT2D eigenvalue weighted by Crippen LogP contribution is 2.12. The molecular weight excluding hydrogens is 901 g/mol. The molecule has 6 nitrogen and oxygen atoms in total. The molecule has 0 aliphatic carbocycles. The second kappa shape index (κ2) is 59.1. The molecule has 404 valence electrons. The monoisotopic (exact) mass is 1000 g/mol.